The molecule has 5 nitrogen and oxygen atoms in total. The molecule has 2 saturated heterocycles. The highest BCUT2D eigenvalue weighted by Gasteiger charge is 2.45. The first-order valence-corrected chi connectivity index (χ1v) is 9.18. The number of likely N-dealkylation sites (tertiary alicyclic amines) is 1. The summed E-state index contributed by atoms with van der Waals surface area (Å²) < 4.78 is 0. The number of anilines is 2. The van der Waals surface area contributed by atoms with Gasteiger partial charge in [0.15, 0.2) is 0 Å². The molecule has 2 N–H and O–H groups in total. The van der Waals surface area contributed by atoms with Gasteiger partial charge in [-0.3, -0.25) is 4.90 Å². The number of hydrogen-bond acceptors (Lipinski definition) is 5. The Labute approximate surface area is 149 Å². The number of likely N-dealkylation sites (N-methyl/N-ethyl adjacent to an activating group) is 1. The number of nitrogens with two attached hydrogens (primary N) is 1. The van der Waals surface area contributed by atoms with Crippen molar-refractivity contribution >= 4 is 11.8 Å². The van der Waals surface area contributed by atoms with Gasteiger partial charge in [-0.1, -0.05) is 30.3 Å². The predicted molar refractivity (Wildman–Crippen MR) is 102 cm³/mol. The van der Waals surface area contributed by atoms with Gasteiger partial charge in [-0.15, -0.1) is 0 Å². The molecule has 2 aliphatic rings. The first-order valence-electron chi connectivity index (χ1n) is 9.18. The second kappa shape index (κ2) is 6.30. The normalized spacial score (nSPS) is 23.3. The third-order valence-corrected chi connectivity index (χ3v) is 6.08. The van der Waals surface area contributed by atoms with E-state index in [1.165, 1.54) is 24.8 Å². The molecule has 4 rings (SSSR count). The minimum absolute atomic E-state index is 0.324. The standard InChI is InChI=1S/C20H27N5/c1-15-12-18(23-19(21)22-15)25-10-8-20(9-11-25)13-17(14-24(20)2)16-6-4-3-5-7-16/h3-7,12,17H,8-11,13-14H2,1-2H3,(H2,21,22,23)/t17-/m1/s1. The van der Waals surface area contributed by atoms with Crippen LogP contribution in [-0.4, -0.2) is 47.1 Å². The van der Waals surface area contributed by atoms with Crippen LogP contribution in [0, 0.1) is 6.92 Å². The van der Waals surface area contributed by atoms with Gasteiger partial charge in [0.05, 0.1) is 0 Å². The molecule has 1 aromatic carbocycles. The predicted octanol–water partition coefficient (Wildman–Crippen LogP) is 2.83. The van der Waals surface area contributed by atoms with E-state index in [0.29, 0.717) is 17.4 Å². The Hall–Kier alpha value is -2.14. The highest BCUT2D eigenvalue weighted by atomic mass is 15.3. The summed E-state index contributed by atoms with van der Waals surface area (Å²) in [5.74, 6) is 1.99. The van der Waals surface area contributed by atoms with Gasteiger partial charge in [0.25, 0.3) is 0 Å². The van der Waals surface area contributed by atoms with E-state index < -0.39 is 0 Å². The number of nitrogens with zero attached hydrogens (tertiary/aromatic N) is 4. The number of piperidine rings is 1. The molecule has 0 amide bonds. The molecule has 1 atom stereocenters. The third-order valence-electron chi connectivity index (χ3n) is 6.08. The Kier molecular flexibility index (Phi) is 4.12. The summed E-state index contributed by atoms with van der Waals surface area (Å²) in [6, 6.07) is 13.0. The highest BCUT2D eigenvalue weighted by Crippen LogP contribution is 2.44. The van der Waals surface area contributed by atoms with Crippen molar-refractivity contribution in [3.63, 3.8) is 0 Å². The fraction of sp³-hybridized carbons (Fsp3) is 0.500. The van der Waals surface area contributed by atoms with E-state index in [-0.39, 0.29) is 0 Å². The Balaban J connectivity index is 1.47. The van der Waals surface area contributed by atoms with E-state index in [4.69, 9.17) is 5.73 Å². The molecule has 2 fully saturated rings. The molecule has 0 radical (unpaired) electrons. The molecule has 3 heterocycles. The fourth-order valence-electron chi connectivity index (χ4n) is 4.63. The number of nitrogen functional groups attached to an aromatic ring is 1. The van der Waals surface area contributed by atoms with Gasteiger partial charge < -0.3 is 10.6 Å². The van der Waals surface area contributed by atoms with Crippen LogP contribution in [0.4, 0.5) is 11.8 Å². The van der Waals surface area contributed by atoms with Crippen LogP contribution in [0.15, 0.2) is 36.4 Å². The van der Waals surface area contributed by atoms with Gasteiger partial charge in [-0.05, 0) is 44.7 Å². The molecule has 2 aromatic rings. The van der Waals surface area contributed by atoms with E-state index in [1.54, 1.807) is 0 Å². The zero-order valence-corrected chi connectivity index (χ0v) is 15.2. The summed E-state index contributed by atoms with van der Waals surface area (Å²) in [7, 11) is 2.30. The van der Waals surface area contributed by atoms with E-state index in [2.05, 4.69) is 57.1 Å². The lowest BCUT2D eigenvalue weighted by Crippen LogP contribution is -2.50. The second-order valence-corrected chi connectivity index (χ2v) is 7.63. The molecule has 0 aliphatic carbocycles. The first kappa shape index (κ1) is 16.3. The highest BCUT2D eigenvalue weighted by molar-refractivity contribution is 5.44. The SMILES string of the molecule is Cc1cc(N2CCC3(CC2)C[C@@H](c2ccccc2)CN3C)nc(N)n1. The zero-order chi connectivity index (χ0) is 17.4. The lowest BCUT2D eigenvalue weighted by molar-refractivity contribution is 0.137. The van der Waals surface area contributed by atoms with Crippen molar-refractivity contribution in [1.82, 2.24) is 14.9 Å². The van der Waals surface area contributed by atoms with Crippen molar-refractivity contribution < 1.29 is 0 Å². The summed E-state index contributed by atoms with van der Waals surface area (Å²) in [6.07, 6.45) is 3.61. The average Bonchev–Trinajstić information content (AvgIpc) is 2.92. The maximum Gasteiger partial charge on any atom is 0.222 e. The van der Waals surface area contributed by atoms with E-state index in [0.717, 1.165) is 31.1 Å². The number of aryl methyl sites for hydroxylation is 1. The molecular weight excluding hydrogens is 310 g/mol. The molecular formula is C20H27N5. The quantitative estimate of drug-likeness (QED) is 0.913. The lowest BCUT2D eigenvalue weighted by Gasteiger charge is -2.44. The van der Waals surface area contributed by atoms with Crippen molar-refractivity contribution in [3.8, 4) is 0 Å². The minimum atomic E-state index is 0.324. The number of aromatic nitrogens is 2. The van der Waals surface area contributed by atoms with Crippen LogP contribution >= 0.6 is 0 Å². The summed E-state index contributed by atoms with van der Waals surface area (Å²) in [5, 5.41) is 0. The van der Waals surface area contributed by atoms with E-state index in [9.17, 15) is 0 Å². The molecule has 1 aromatic heterocycles. The van der Waals surface area contributed by atoms with Gasteiger partial charge in [0.1, 0.15) is 5.82 Å². The van der Waals surface area contributed by atoms with Crippen LogP contribution in [-0.2, 0) is 0 Å². The van der Waals surface area contributed by atoms with Crippen molar-refractivity contribution in [2.45, 2.75) is 37.6 Å². The molecule has 0 bridgehead atoms. The minimum Gasteiger partial charge on any atom is -0.368 e. The number of hydrogen-bond donors (Lipinski definition) is 1. The van der Waals surface area contributed by atoms with E-state index >= 15 is 0 Å². The van der Waals surface area contributed by atoms with Crippen LogP contribution in [0.1, 0.15) is 36.4 Å². The topological polar surface area (TPSA) is 58.3 Å². The molecule has 132 valence electrons. The van der Waals surface area contributed by atoms with Crippen LogP contribution < -0.4 is 10.6 Å². The van der Waals surface area contributed by atoms with Crippen LogP contribution in [0.3, 0.4) is 0 Å². The summed E-state index contributed by atoms with van der Waals surface area (Å²) >= 11 is 0. The molecule has 2 aliphatic heterocycles. The first-order chi connectivity index (χ1) is 12.1. The van der Waals surface area contributed by atoms with Crippen molar-refractivity contribution in [1.29, 1.82) is 0 Å². The second-order valence-electron chi connectivity index (χ2n) is 7.63. The van der Waals surface area contributed by atoms with Gasteiger partial charge in [0.2, 0.25) is 5.95 Å². The molecule has 1 spiro atoms. The Morgan fingerprint density at radius 2 is 1.84 bits per heavy atom. The van der Waals surface area contributed by atoms with Gasteiger partial charge in [-0.2, -0.15) is 4.98 Å². The van der Waals surface area contributed by atoms with Crippen LogP contribution in [0.25, 0.3) is 0 Å². The summed E-state index contributed by atoms with van der Waals surface area (Å²) in [4.78, 5) is 13.6. The number of rotatable bonds is 2. The smallest absolute Gasteiger partial charge is 0.222 e. The molecule has 25 heavy (non-hydrogen) atoms. The molecule has 5 heteroatoms. The van der Waals surface area contributed by atoms with Crippen molar-refractivity contribution in [2.75, 3.05) is 37.3 Å². The number of benzene rings is 1. The Morgan fingerprint density at radius 3 is 2.52 bits per heavy atom. The maximum absolute atomic E-state index is 5.83. The van der Waals surface area contributed by atoms with Crippen molar-refractivity contribution in [3.05, 3.63) is 47.7 Å². The lowest BCUT2D eigenvalue weighted by atomic mass is 9.81. The zero-order valence-electron chi connectivity index (χ0n) is 15.2. The molecule has 0 unspecified atom stereocenters. The third kappa shape index (κ3) is 3.09. The van der Waals surface area contributed by atoms with Crippen molar-refractivity contribution in [2.24, 2.45) is 0 Å². The van der Waals surface area contributed by atoms with E-state index in [1.807, 2.05) is 13.0 Å². The fourth-order valence-corrected chi connectivity index (χ4v) is 4.63. The van der Waals surface area contributed by atoms with Gasteiger partial charge in [0, 0.05) is 36.9 Å². The van der Waals surface area contributed by atoms with Gasteiger partial charge >= 0.3 is 0 Å². The Morgan fingerprint density at radius 1 is 1.12 bits per heavy atom. The summed E-state index contributed by atoms with van der Waals surface area (Å²) in [6.45, 7) is 5.19. The monoisotopic (exact) mass is 337 g/mol. The van der Waals surface area contributed by atoms with Gasteiger partial charge in [-0.25, -0.2) is 4.98 Å². The maximum atomic E-state index is 5.83. The van der Waals surface area contributed by atoms with Crippen LogP contribution in [0.5, 0.6) is 0 Å². The molecule has 0 saturated carbocycles. The summed E-state index contributed by atoms with van der Waals surface area (Å²) in [5.41, 5.74) is 8.57. The Bertz CT molecular complexity index is 717. The average molecular weight is 337 g/mol. The largest absolute Gasteiger partial charge is 0.368 e. The van der Waals surface area contributed by atoms with Crippen LogP contribution in [0.2, 0.25) is 0 Å².